The van der Waals surface area contributed by atoms with Crippen molar-refractivity contribution in [1.82, 2.24) is 5.32 Å². The van der Waals surface area contributed by atoms with E-state index < -0.39 is 0 Å². The number of halogens is 2. The molecule has 2 aliphatic carbocycles. The van der Waals surface area contributed by atoms with Crippen LogP contribution in [0, 0.1) is 23.6 Å². The summed E-state index contributed by atoms with van der Waals surface area (Å²) in [5, 5.41) is 3.62. The van der Waals surface area contributed by atoms with Gasteiger partial charge in [0, 0.05) is 10.5 Å². The molecule has 1 aromatic rings. The average Bonchev–Trinajstić information content (AvgIpc) is 3.05. The van der Waals surface area contributed by atoms with E-state index in [-0.39, 0.29) is 5.82 Å². The summed E-state index contributed by atoms with van der Waals surface area (Å²) in [4.78, 5) is 0. The Morgan fingerprint density at radius 2 is 2.19 bits per heavy atom. The van der Waals surface area contributed by atoms with Crippen molar-refractivity contribution < 1.29 is 4.39 Å². The van der Waals surface area contributed by atoms with Gasteiger partial charge in [0.1, 0.15) is 5.82 Å². The van der Waals surface area contributed by atoms with E-state index in [0.29, 0.717) is 6.04 Å². The van der Waals surface area contributed by atoms with Gasteiger partial charge in [0.2, 0.25) is 0 Å². The van der Waals surface area contributed by atoms with Crippen LogP contribution in [0.25, 0.3) is 0 Å². The summed E-state index contributed by atoms with van der Waals surface area (Å²) in [6.45, 7) is 3.15. The Morgan fingerprint density at radius 1 is 1.33 bits per heavy atom. The highest BCUT2D eigenvalue weighted by molar-refractivity contribution is 9.10. The number of nitrogens with one attached hydrogen (secondary N) is 1. The van der Waals surface area contributed by atoms with Crippen molar-refractivity contribution in [2.45, 2.75) is 51.5 Å². The number of fused-ring (bicyclic) bond motifs is 2. The molecular weight excluding hydrogens is 329 g/mol. The Bertz CT molecular complexity index is 490. The molecule has 0 amide bonds. The lowest BCUT2D eigenvalue weighted by Gasteiger charge is -2.27. The maximum absolute atomic E-state index is 13.5. The highest BCUT2D eigenvalue weighted by Crippen LogP contribution is 2.50. The van der Waals surface area contributed by atoms with Crippen molar-refractivity contribution in [3.8, 4) is 0 Å². The smallest absolute Gasteiger partial charge is 0.123 e. The Hall–Kier alpha value is -0.410. The molecule has 2 fully saturated rings. The van der Waals surface area contributed by atoms with Gasteiger partial charge in [-0.15, -0.1) is 0 Å². The second kappa shape index (κ2) is 6.78. The number of rotatable bonds is 6. The van der Waals surface area contributed by atoms with Crippen LogP contribution in [0.4, 0.5) is 4.39 Å². The standard InChI is InChI=1S/C18H25BrFN/c1-2-21-17(10-14-8-12-3-4-13(14)7-12)11-15-9-16(20)5-6-18(15)19/h5-6,9,12-14,17,21H,2-4,7-8,10-11H2,1H3. The second-order valence-electron chi connectivity index (χ2n) is 6.87. The lowest BCUT2D eigenvalue weighted by molar-refractivity contribution is 0.278. The van der Waals surface area contributed by atoms with Gasteiger partial charge in [-0.25, -0.2) is 4.39 Å². The highest BCUT2D eigenvalue weighted by Gasteiger charge is 2.40. The highest BCUT2D eigenvalue weighted by atomic mass is 79.9. The number of likely N-dealkylation sites (N-methyl/N-ethyl adjacent to an activating group) is 1. The summed E-state index contributed by atoms with van der Waals surface area (Å²) in [5.74, 6) is 2.72. The summed E-state index contributed by atoms with van der Waals surface area (Å²) >= 11 is 3.56. The fraction of sp³-hybridized carbons (Fsp3) is 0.667. The molecule has 0 spiro atoms. The first-order chi connectivity index (χ1) is 10.2. The third kappa shape index (κ3) is 3.68. The molecule has 0 aromatic heterocycles. The van der Waals surface area contributed by atoms with Crippen LogP contribution in [-0.4, -0.2) is 12.6 Å². The summed E-state index contributed by atoms with van der Waals surface area (Å²) in [7, 11) is 0. The van der Waals surface area contributed by atoms with Crippen LogP contribution >= 0.6 is 15.9 Å². The predicted molar refractivity (Wildman–Crippen MR) is 88.8 cm³/mol. The lowest BCUT2D eigenvalue weighted by Crippen LogP contribution is -2.34. The van der Waals surface area contributed by atoms with Gasteiger partial charge in [-0.3, -0.25) is 0 Å². The average molecular weight is 354 g/mol. The molecule has 2 saturated carbocycles. The zero-order valence-electron chi connectivity index (χ0n) is 12.7. The third-order valence-corrected chi connectivity index (χ3v) is 6.21. The number of benzene rings is 1. The van der Waals surface area contributed by atoms with E-state index in [2.05, 4.69) is 28.2 Å². The van der Waals surface area contributed by atoms with Crippen molar-refractivity contribution in [2.75, 3.05) is 6.54 Å². The maximum atomic E-state index is 13.5. The summed E-state index contributed by atoms with van der Waals surface area (Å²) in [6, 6.07) is 5.49. The van der Waals surface area contributed by atoms with Crippen LogP contribution in [0.2, 0.25) is 0 Å². The van der Waals surface area contributed by atoms with E-state index in [9.17, 15) is 4.39 Å². The van der Waals surface area contributed by atoms with Crippen LogP contribution in [-0.2, 0) is 6.42 Å². The van der Waals surface area contributed by atoms with E-state index in [4.69, 9.17) is 0 Å². The van der Waals surface area contributed by atoms with E-state index in [1.54, 1.807) is 6.07 Å². The van der Waals surface area contributed by atoms with Crippen LogP contribution in [0.5, 0.6) is 0 Å². The quantitative estimate of drug-likeness (QED) is 0.763. The van der Waals surface area contributed by atoms with Gasteiger partial charge >= 0.3 is 0 Å². The fourth-order valence-electron chi connectivity index (χ4n) is 4.52. The largest absolute Gasteiger partial charge is 0.314 e. The molecule has 2 aliphatic rings. The van der Waals surface area contributed by atoms with Gasteiger partial charge < -0.3 is 5.32 Å². The van der Waals surface area contributed by atoms with Crippen molar-refractivity contribution in [3.63, 3.8) is 0 Å². The molecule has 1 aromatic carbocycles. The normalized spacial score (nSPS) is 29.0. The minimum atomic E-state index is -0.136. The molecule has 4 atom stereocenters. The van der Waals surface area contributed by atoms with Crippen LogP contribution in [0.3, 0.4) is 0 Å². The van der Waals surface area contributed by atoms with Crippen LogP contribution in [0.15, 0.2) is 22.7 Å². The van der Waals surface area contributed by atoms with Gasteiger partial charge in [-0.2, -0.15) is 0 Å². The predicted octanol–water partition coefficient (Wildman–Crippen LogP) is 4.94. The SMILES string of the molecule is CCNC(Cc1cc(F)ccc1Br)CC1CC2CCC1C2. The molecule has 2 bridgehead atoms. The third-order valence-electron chi connectivity index (χ3n) is 5.44. The van der Waals surface area contributed by atoms with Crippen molar-refractivity contribution in [2.24, 2.45) is 17.8 Å². The first-order valence-electron chi connectivity index (χ1n) is 8.33. The lowest BCUT2D eigenvalue weighted by atomic mass is 9.83. The molecule has 0 heterocycles. The molecule has 4 unspecified atom stereocenters. The summed E-state index contributed by atoms with van der Waals surface area (Å²) in [5.41, 5.74) is 1.09. The zero-order valence-corrected chi connectivity index (χ0v) is 14.3. The van der Waals surface area contributed by atoms with Gasteiger partial charge in [0.25, 0.3) is 0 Å². The van der Waals surface area contributed by atoms with Crippen molar-refractivity contribution >= 4 is 15.9 Å². The maximum Gasteiger partial charge on any atom is 0.123 e. The zero-order chi connectivity index (χ0) is 14.8. The molecule has 21 heavy (non-hydrogen) atoms. The second-order valence-corrected chi connectivity index (χ2v) is 7.72. The Morgan fingerprint density at radius 3 is 2.86 bits per heavy atom. The molecule has 0 aliphatic heterocycles. The molecule has 3 heteroatoms. The topological polar surface area (TPSA) is 12.0 Å². The molecule has 1 N–H and O–H groups in total. The van der Waals surface area contributed by atoms with Crippen LogP contribution in [0.1, 0.15) is 44.6 Å². The first kappa shape index (κ1) is 15.5. The molecule has 116 valence electrons. The van der Waals surface area contributed by atoms with Crippen molar-refractivity contribution in [3.05, 3.63) is 34.1 Å². The van der Waals surface area contributed by atoms with E-state index in [0.717, 1.165) is 40.8 Å². The molecule has 3 rings (SSSR count). The molecule has 0 saturated heterocycles. The Kier molecular flexibility index (Phi) is 5.00. The molecule has 1 nitrogen and oxygen atoms in total. The monoisotopic (exact) mass is 353 g/mol. The minimum absolute atomic E-state index is 0.136. The van der Waals surface area contributed by atoms with Gasteiger partial charge in [-0.1, -0.05) is 29.3 Å². The first-order valence-corrected chi connectivity index (χ1v) is 9.12. The summed E-state index contributed by atoms with van der Waals surface area (Å²) in [6.07, 6.45) is 7.96. The van der Waals surface area contributed by atoms with Crippen LogP contribution < -0.4 is 5.32 Å². The van der Waals surface area contributed by atoms with Gasteiger partial charge in [0.05, 0.1) is 0 Å². The van der Waals surface area contributed by atoms with E-state index in [1.807, 2.05) is 6.07 Å². The van der Waals surface area contributed by atoms with E-state index in [1.165, 1.54) is 38.2 Å². The summed E-state index contributed by atoms with van der Waals surface area (Å²) < 4.78 is 14.5. The van der Waals surface area contributed by atoms with Gasteiger partial charge in [-0.05, 0) is 80.2 Å². The number of hydrogen-bond acceptors (Lipinski definition) is 1. The van der Waals surface area contributed by atoms with Gasteiger partial charge in [0.15, 0.2) is 0 Å². The van der Waals surface area contributed by atoms with Crippen molar-refractivity contribution in [1.29, 1.82) is 0 Å². The molecular formula is C18H25BrFN. The van der Waals surface area contributed by atoms with E-state index >= 15 is 0 Å². The Balaban J connectivity index is 1.65. The fourth-order valence-corrected chi connectivity index (χ4v) is 4.93. The Labute approximate surface area is 135 Å². The molecule has 0 radical (unpaired) electrons. The number of hydrogen-bond donors (Lipinski definition) is 1. The minimum Gasteiger partial charge on any atom is -0.314 e.